The number of hydrogen-bond donors (Lipinski definition) is 2. The Labute approximate surface area is 106 Å². The second kappa shape index (κ2) is 6.47. The molecule has 1 aromatic rings. The third-order valence-corrected chi connectivity index (χ3v) is 2.17. The van der Waals surface area contributed by atoms with Crippen molar-refractivity contribution in [2.24, 2.45) is 0 Å². The molecule has 1 aromatic heterocycles. The van der Waals surface area contributed by atoms with Crippen LogP contribution in [0.25, 0.3) is 0 Å². The van der Waals surface area contributed by atoms with E-state index in [1.54, 1.807) is 4.98 Å². The highest BCUT2D eigenvalue weighted by Crippen LogP contribution is 1.94. The van der Waals surface area contributed by atoms with Crippen LogP contribution < -0.4 is 16.6 Å². The zero-order valence-corrected chi connectivity index (χ0v) is 10.1. The average Bonchev–Trinajstić information content (AvgIpc) is 2.38. The molecule has 0 aromatic carbocycles. The zero-order valence-electron chi connectivity index (χ0n) is 10.1. The molecule has 9 heteroatoms. The van der Waals surface area contributed by atoms with Crippen molar-refractivity contribution in [3.8, 4) is 0 Å². The monoisotopic (exact) mass is 273 g/mol. The van der Waals surface area contributed by atoms with Gasteiger partial charge in [0.1, 0.15) is 0 Å². The van der Waals surface area contributed by atoms with Gasteiger partial charge in [0.15, 0.2) is 6.73 Å². The van der Waals surface area contributed by atoms with E-state index >= 15 is 0 Å². The van der Waals surface area contributed by atoms with Crippen molar-refractivity contribution in [1.82, 2.24) is 14.9 Å². The van der Waals surface area contributed by atoms with Crippen LogP contribution in [0.2, 0.25) is 0 Å². The van der Waals surface area contributed by atoms with E-state index in [1.807, 2.05) is 0 Å². The lowest BCUT2D eigenvalue weighted by Gasteiger charge is -2.06. The molecule has 0 aliphatic carbocycles. The third kappa shape index (κ3) is 4.37. The molecule has 2 N–H and O–H groups in total. The lowest BCUT2D eigenvalue weighted by atomic mass is 10.3. The zero-order chi connectivity index (χ0) is 14.4. The number of amides is 1. The van der Waals surface area contributed by atoms with Gasteiger partial charge in [-0.05, 0) is 0 Å². The largest absolute Gasteiger partial charge is 0.444 e. The molecule has 0 radical (unpaired) electrons. The second-order valence-corrected chi connectivity index (χ2v) is 3.52. The van der Waals surface area contributed by atoms with Gasteiger partial charge < -0.3 is 10.1 Å². The van der Waals surface area contributed by atoms with E-state index in [0.29, 0.717) is 10.8 Å². The van der Waals surface area contributed by atoms with Gasteiger partial charge in [0.2, 0.25) is 11.7 Å². The van der Waals surface area contributed by atoms with Crippen molar-refractivity contribution in [1.29, 1.82) is 0 Å². The summed E-state index contributed by atoms with van der Waals surface area (Å²) in [7, 11) is 1.43. The molecule has 1 amide bonds. The minimum atomic E-state index is -1.17. The summed E-state index contributed by atoms with van der Waals surface area (Å²) in [4.78, 5) is 45.7. The number of ether oxygens (including phenoxy) is 1. The highest BCUT2D eigenvalue weighted by molar-refractivity contribution is 5.80. The van der Waals surface area contributed by atoms with Gasteiger partial charge in [-0.2, -0.15) is 4.39 Å². The maximum atomic E-state index is 12.9. The summed E-state index contributed by atoms with van der Waals surface area (Å²) in [5, 5.41) is 2.33. The van der Waals surface area contributed by atoms with Gasteiger partial charge in [-0.3, -0.25) is 23.9 Å². The number of halogens is 1. The average molecular weight is 273 g/mol. The van der Waals surface area contributed by atoms with E-state index < -0.39 is 29.8 Å². The fraction of sp³-hybridized carbons (Fsp3) is 0.400. The van der Waals surface area contributed by atoms with Crippen molar-refractivity contribution >= 4 is 11.9 Å². The number of esters is 1. The smallest absolute Gasteiger partial charge is 0.331 e. The maximum absolute atomic E-state index is 12.9. The van der Waals surface area contributed by atoms with Crippen LogP contribution in [-0.4, -0.2) is 28.5 Å². The minimum absolute atomic E-state index is 0.0514. The number of rotatable bonds is 5. The summed E-state index contributed by atoms with van der Waals surface area (Å²) >= 11 is 0. The summed E-state index contributed by atoms with van der Waals surface area (Å²) in [6.45, 7) is -0.543. The Balaban J connectivity index is 2.55. The molecule has 0 saturated carbocycles. The molecule has 0 atom stereocenters. The lowest BCUT2D eigenvalue weighted by Crippen LogP contribution is -2.32. The Kier molecular flexibility index (Phi) is 4.98. The number of carbonyl (C=O) groups is 2. The highest BCUT2D eigenvalue weighted by atomic mass is 19.1. The molecule has 1 heterocycles. The molecule has 1 rings (SSSR count). The van der Waals surface area contributed by atoms with Gasteiger partial charge in [-0.1, -0.05) is 0 Å². The van der Waals surface area contributed by atoms with Gasteiger partial charge in [0.25, 0.3) is 5.56 Å². The first-order chi connectivity index (χ1) is 8.93. The fourth-order valence-electron chi connectivity index (χ4n) is 1.13. The topological polar surface area (TPSA) is 110 Å². The quantitative estimate of drug-likeness (QED) is 0.648. The molecule has 0 bridgehead atoms. The van der Waals surface area contributed by atoms with Crippen LogP contribution in [0.15, 0.2) is 15.8 Å². The number of aromatic nitrogens is 2. The molecule has 0 aliphatic heterocycles. The molecule has 0 aliphatic rings. The van der Waals surface area contributed by atoms with E-state index in [2.05, 4.69) is 10.1 Å². The van der Waals surface area contributed by atoms with Gasteiger partial charge in [0, 0.05) is 13.5 Å². The minimum Gasteiger partial charge on any atom is -0.444 e. The molecule has 8 nitrogen and oxygen atoms in total. The van der Waals surface area contributed by atoms with E-state index in [1.165, 1.54) is 7.05 Å². The predicted molar refractivity (Wildman–Crippen MR) is 60.7 cm³/mol. The van der Waals surface area contributed by atoms with Crippen LogP contribution in [0.3, 0.4) is 0 Å². The van der Waals surface area contributed by atoms with E-state index in [4.69, 9.17) is 0 Å². The summed E-state index contributed by atoms with van der Waals surface area (Å²) in [5.74, 6) is -2.22. The Morgan fingerprint density at radius 2 is 2.11 bits per heavy atom. The van der Waals surface area contributed by atoms with Gasteiger partial charge in [0.05, 0.1) is 12.6 Å². The summed E-state index contributed by atoms with van der Waals surface area (Å²) in [5.41, 5.74) is -2.04. The fourth-order valence-corrected chi connectivity index (χ4v) is 1.13. The standard InChI is InChI=1S/C10H12FN3O5/c1-12-7(15)2-3-8(16)19-5-14-4-6(11)9(17)13-10(14)18/h4H,2-3,5H2,1H3,(H,12,15)(H,13,17,18). The van der Waals surface area contributed by atoms with Crippen molar-refractivity contribution < 1.29 is 18.7 Å². The Hall–Kier alpha value is -2.45. The first-order valence-electron chi connectivity index (χ1n) is 5.29. The van der Waals surface area contributed by atoms with Crippen LogP contribution in [0, 0.1) is 5.82 Å². The normalized spacial score (nSPS) is 10.0. The van der Waals surface area contributed by atoms with E-state index in [-0.39, 0.29) is 18.7 Å². The van der Waals surface area contributed by atoms with Crippen LogP contribution in [-0.2, 0) is 21.1 Å². The molecular formula is C10H12FN3O5. The van der Waals surface area contributed by atoms with Crippen LogP contribution >= 0.6 is 0 Å². The lowest BCUT2D eigenvalue weighted by molar-refractivity contribution is -0.148. The SMILES string of the molecule is CNC(=O)CCC(=O)OCn1cc(F)c(=O)[nH]c1=O. The van der Waals surface area contributed by atoms with Gasteiger partial charge in [-0.25, -0.2) is 4.79 Å². The summed E-state index contributed by atoms with van der Waals surface area (Å²) in [6.07, 6.45) is 0.414. The molecular weight excluding hydrogens is 261 g/mol. The number of nitrogens with one attached hydrogen (secondary N) is 2. The molecule has 0 fully saturated rings. The first-order valence-corrected chi connectivity index (χ1v) is 5.29. The third-order valence-electron chi connectivity index (χ3n) is 2.17. The number of hydrogen-bond acceptors (Lipinski definition) is 5. The highest BCUT2D eigenvalue weighted by Gasteiger charge is 2.08. The molecule has 0 unspecified atom stereocenters. The first kappa shape index (κ1) is 14.6. The van der Waals surface area contributed by atoms with Crippen molar-refractivity contribution in [2.45, 2.75) is 19.6 Å². The van der Waals surface area contributed by atoms with Crippen molar-refractivity contribution in [3.05, 3.63) is 32.9 Å². The van der Waals surface area contributed by atoms with Crippen LogP contribution in [0.5, 0.6) is 0 Å². The number of nitrogens with zero attached hydrogens (tertiary/aromatic N) is 1. The Bertz CT molecular complexity index is 592. The van der Waals surface area contributed by atoms with E-state index in [0.717, 1.165) is 0 Å². The number of aromatic amines is 1. The maximum Gasteiger partial charge on any atom is 0.331 e. The molecule has 0 saturated heterocycles. The number of carbonyl (C=O) groups excluding carboxylic acids is 2. The molecule has 19 heavy (non-hydrogen) atoms. The molecule has 0 spiro atoms. The van der Waals surface area contributed by atoms with Gasteiger partial charge in [-0.15, -0.1) is 0 Å². The van der Waals surface area contributed by atoms with Crippen LogP contribution in [0.1, 0.15) is 12.8 Å². The summed E-state index contributed by atoms with van der Waals surface area (Å²) < 4.78 is 18.2. The Morgan fingerprint density at radius 3 is 2.74 bits per heavy atom. The second-order valence-electron chi connectivity index (χ2n) is 3.52. The van der Waals surface area contributed by atoms with E-state index in [9.17, 15) is 23.6 Å². The predicted octanol–water partition coefficient (Wildman–Crippen LogP) is -1.30. The van der Waals surface area contributed by atoms with Crippen molar-refractivity contribution in [3.63, 3.8) is 0 Å². The van der Waals surface area contributed by atoms with Gasteiger partial charge >= 0.3 is 11.7 Å². The number of H-pyrrole nitrogens is 1. The Morgan fingerprint density at radius 1 is 1.42 bits per heavy atom. The summed E-state index contributed by atoms with van der Waals surface area (Å²) in [6, 6.07) is 0. The van der Waals surface area contributed by atoms with Crippen LogP contribution in [0.4, 0.5) is 4.39 Å². The van der Waals surface area contributed by atoms with Crippen molar-refractivity contribution in [2.75, 3.05) is 7.05 Å². The molecule has 104 valence electrons.